The Morgan fingerprint density at radius 3 is 2.48 bits per heavy atom. The number of amides is 1. The molecule has 0 saturated carbocycles. The first kappa shape index (κ1) is 18.8. The summed E-state index contributed by atoms with van der Waals surface area (Å²) in [7, 11) is 0. The van der Waals surface area contributed by atoms with Gasteiger partial charge in [-0.3, -0.25) is 4.79 Å². The van der Waals surface area contributed by atoms with Gasteiger partial charge in [-0.05, 0) is 47.5 Å². The van der Waals surface area contributed by atoms with Crippen LogP contribution in [0.5, 0.6) is 5.75 Å². The van der Waals surface area contributed by atoms with Crippen molar-refractivity contribution >= 4 is 16.7 Å². The molecular formula is C21H18F3NO2. The lowest BCUT2D eigenvalue weighted by atomic mass is 10.1. The number of carbonyl (C=O) groups is 1. The van der Waals surface area contributed by atoms with Crippen molar-refractivity contribution in [3.05, 3.63) is 77.9 Å². The lowest BCUT2D eigenvalue weighted by molar-refractivity contribution is -0.137. The predicted octanol–water partition coefficient (Wildman–Crippen LogP) is 4.94. The maximum atomic E-state index is 12.7. The lowest BCUT2D eigenvalue weighted by Crippen LogP contribution is -2.35. The van der Waals surface area contributed by atoms with Crippen molar-refractivity contribution in [2.75, 3.05) is 0 Å². The zero-order chi connectivity index (χ0) is 19.4. The molecule has 0 aliphatic rings. The molecule has 3 aromatic rings. The molecule has 3 nitrogen and oxygen atoms in total. The second-order valence-corrected chi connectivity index (χ2v) is 6.18. The molecule has 1 amide bonds. The summed E-state index contributed by atoms with van der Waals surface area (Å²) >= 11 is 0. The van der Waals surface area contributed by atoms with Crippen LogP contribution >= 0.6 is 0 Å². The number of nitrogens with one attached hydrogen (secondary N) is 1. The monoisotopic (exact) mass is 373 g/mol. The van der Waals surface area contributed by atoms with E-state index in [4.69, 9.17) is 4.74 Å². The molecule has 27 heavy (non-hydrogen) atoms. The zero-order valence-electron chi connectivity index (χ0n) is 14.6. The molecule has 0 aliphatic carbocycles. The Morgan fingerprint density at radius 2 is 1.74 bits per heavy atom. The predicted molar refractivity (Wildman–Crippen MR) is 97.3 cm³/mol. The van der Waals surface area contributed by atoms with E-state index in [2.05, 4.69) is 5.32 Å². The molecule has 1 atom stereocenters. The highest BCUT2D eigenvalue weighted by molar-refractivity contribution is 5.84. The van der Waals surface area contributed by atoms with Crippen LogP contribution in [-0.4, -0.2) is 12.0 Å². The highest BCUT2D eigenvalue weighted by Gasteiger charge is 2.30. The van der Waals surface area contributed by atoms with Crippen molar-refractivity contribution in [3.63, 3.8) is 0 Å². The third-order valence-corrected chi connectivity index (χ3v) is 4.12. The van der Waals surface area contributed by atoms with Crippen LogP contribution in [0.15, 0.2) is 66.7 Å². The molecule has 0 spiro atoms. The maximum absolute atomic E-state index is 12.7. The SMILES string of the molecule is CC(Oc1ccc2ccccc2c1)C(=O)NCc1cccc(C(F)(F)F)c1. The second kappa shape index (κ2) is 7.70. The average molecular weight is 373 g/mol. The minimum atomic E-state index is -4.41. The fraction of sp³-hybridized carbons (Fsp3) is 0.190. The normalized spacial score (nSPS) is 12.6. The molecule has 3 aromatic carbocycles. The van der Waals surface area contributed by atoms with Crippen molar-refractivity contribution in [1.82, 2.24) is 5.32 Å². The summed E-state index contributed by atoms with van der Waals surface area (Å²) in [5.41, 5.74) is -0.370. The van der Waals surface area contributed by atoms with Crippen LogP contribution in [0.25, 0.3) is 10.8 Å². The minimum Gasteiger partial charge on any atom is -0.481 e. The number of benzene rings is 3. The summed E-state index contributed by atoms with van der Waals surface area (Å²) in [5, 5.41) is 4.66. The highest BCUT2D eigenvalue weighted by Crippen LogP contribution is 2.29. The van der Waals surface area contributed by atoms with Gasteiger partial charge in [0.05, 0.1) is 5.56 Å². The van der Waals surface area contributed by atoms with Gasteiger partial charge in [0.25, 0.3) is 5.91 Å². The second-order valence-electron chi connectivity index (χ2n) is 6.18. The van der Waals surface area contributed by atoms with Crippen LogP contribution in [0.2, 0.25) is 0 Å². The van der Waals surface area contributed by atoms with Crippen molar-refractivity contribution in [1.29, 1.82) is 0 Å². The fourth-order valence-electron chi connectivity index (χ4n) is 2.69. The minimum absolute atomic E-state index is 0.00578. The smallest absolute Gasteiger partial charge is 0.416 e. The molecule has 0 aliphatic heterocycles. The highest BCUT2D eigenvalue weighted by atomic mass is 19.4. The van der Waals surface area contributed by atoms with Gasteiger partial charge < -0.3 is 10.1 Å². The van der Waals surface area contributed by atoms with E-state index in [0.29, 0.717) is 11.3 Å². The van der Waals surface area contributed by atoms with Crippen LogP contribution in [-0.2, 0) is 17.5 Å². The first-order chi connectivity index (χ1) is 12.8. The van der Waals surface area contributed by atoms with Gasteiger partial charge in [0, 0.05) is 6.54 Å². The van der Waals surface area contributed by atoms with E-state index in [-0.39, 0.29) is 6.54 Å². The molecular weight excluding hydrogens is 355 g/mol. The summed E-state index contributed by atoms with van der Waals surface area (Å²) in [6, 6.07) is 18.2. The largest absolute Gasteiger partial charge is 0.481 e. The van der Waals surface area contributed by atoms with Crippen molar-refractivity contribution in [2.45, 2.75) is 25.7 Å². The standard InChI is InChI=1S/C21H18F3NO2/c1-14(27-19-10-9-16-6-2-3-7-17(16)12-19)20(26)25-13-15-5-4-8-18(11-15)21(22,23)24/h2-12,14H,13H2,1H3,(H,25,26). The number of rotatable bonds is 5. The molecule has 0 heterocycles. The quantitative estimate of drug-likeness (QED) is 0.688. The fourth-order valence-corrected chi connectivity index (χ4v) is 2.69. The van der Waals surface area contributed by atoms with Crippen LogP contribution in [0.1, 0.15) is 18.1 Å². The van der Waals surface area contributed by atoms with Crippen LogP contribution in [0.3, 0.4) is 0 Å². The number of fused-ring (bicyclic) bond motifs is 1. The van der Waals surface area contributed by atoms with Crippen molar-refractivity contribution in [2.24, 2.45) is 0 Å². The van der Waals surface area contributed by atoms with E-state index in [0.717, 1.165) is 22.9 Å². The average Bonchev–Trinajstić information content (AvgIpc) is 2.65. The van der Waals surface area contributed by atoms with Gasteiger partial charge in [-0.25, -0.2) is 0 Å². The topological polar surface area (TPSA) is 38.3 Å². The van der Waals surface area contributed by atoms with Gasteiger partial charge in [-0.1, -0.05) is 42.5 Å². The van der Waals surface area contributed by atoms with Gasteiger partial charge in [0.2, 0.25) is 0 Å². The molecule has 6 heteroatoms. The molecule has 1 unspecified atom stereocenters. The molecule has 0 bridgehead atoms. The van der Waals surface area contributed by atoms with Crippen LogP contribution in [0, 0.1) is 0 Å². The van der Waals surface area contributed by atoms with E-state index >= 15 is 0 Å². The molecule has 0 fully saturated rings. The Balaban J connectivity index is 1.60. The third-order valence-electron chi connectivity index (χ3n) is 4.12. The van der Waals surface area contributed by atoms with Gasteiger partial charge >= 0.3 is 6.18 Å². The Bertz CT molecular complexity index is 953. The molecule has 3 rings (SSSR count). The lowest BCUT2D eigenvalue weighted by Gasteiger charge is -2.15. The number of carbonyl (C=O) groups excluding carboxylic acids is 1. The van der Waals surface area contributed by atoms with E-state index in [1.807, 2.05) is 36.4 Å². The Kier molecular flexibility index (Phi) is 5.35. The number of alkyl halides is 3. The first-order valence-electron chi connectivity index (χ1n) is 8.42. The van der Waals surface area contributed by atoms with E-state index < -0.39 is 23.8 Å². The van der Waals surface area contributed by atoms with Gasteiger partial charge in [-0.2, -0.15) is 13.2 Å². The molecule has 0 aromatic heterocycles. The molecule has 0 radical (unpaired) electrons. The summed E-state index contributed by atoms with van der Waals surface area (Å²) in [6.45, 7) is 1.59. The summed E-state index contributed by atoms with van der Waals surface area (Å²) < 4.78 is 43.9. The van der Waals surface area contributed by atoms with Crippen LogP contribution in [0.4, 0.5) is 13.2 Å². The number of hydrogen-bond donors (Lipinski definition) is 1. The molecule has 0 saturated heterocycles. The number of ether oxygens (including phenoxy) is 1. The summed E-state index contributed by atoms with van der Waals surface area (Å²) in [6.07, 6.45) is -5.19. The summed E-state index contributed by atoms with van der Waals surface area (Å²) in [5.74, 6) is 0.149. The van der Waals surface area contributed by atoms with E-state index in [9.17, 15) is 18.0 Å². The third kappa shape index (κ3) is 4.78. The van der Waals surface area contributed by atoms with Gasteiger partial charge in [0.15, 0.2) is 6.10 Å². The van der Waals surface area contributed by atoms with E-state index in [1.54, 1.807) is 13.0 Å². The Labute approximate surface area is 154 Å². The summed E-state index contributed by atoms with van der Waals surface area (Å²) in [4.78, 5) is 12.2. The number of hydrogen-bond acceptors (Lipinski definition) is 2. The van der Waals surface area contributed by atoms with Crippen LogP contribution < -0.4 is 10.1 Å². The molecule has 1 N–H and O–H groups in total. The van der Waals surface area contributed by atoms with Crippen molar-refractivity contribution < 1.29 is 22.7 Å². The Hall–Kier alpha value is -3.02. The van der Waals surface area contributed by atoms with Gasteiger partial charge in [-0.15, -0.1) is 0 Å². The zero-order valence-corrected chi connectivity index (χ0v) is 14.6. The van der Waals surface area contributed by atoms with Crippen molar-refractivity contribution in [3.8, 4) is 5.75 Å². The van der Waals surface area contributed by atoms with Gasteiger partial charge in [0.1, 0.15) is 5.75 Å². The van der Waals surface area contributed by atoms with E-state index in [1.165, 1.54) is 12.1 Å². The maximum Gasteiger partial charge on any atom is 0.416 e. The Morgan fingerprint density at radius 1 is 1.00 bits per heavy atom. The first-order valence-corrected chi connectivity index (χ1v) is 8.42. The number of halogens is 3. The molecule has 140 valence electrons.